The zero-order valence-corrected chi connectivity index (χ0v) is 20.0. The van der Waals surface area contributed by atoms with Crippen LogP contribution in [0, 0.1) is 0 Å². The molecule has 0 amide bonds. The minimum atomic E-state index is -0.914. The van der Waals surface area contributed by atoms with Gasteiger partial charge in [0, 0.05) is 0 Å². The van der Waals surface area contributed by atoms with E-state index in [1.807, 2.05) is 91.0 Å². The number of halogens is 1. The lowest BCUT2D eigenvalue weighted by atomic mass is 9.99. The Balaban J connectivity index is 1.51. The number of rotatable bonds is 12. The quantitative estimate of drug-likeness (QED) is 0.263. The van der Waals surface area contributed by atoms with Crippen LogP contribution in [-0.2, 0) is 48.3 Å². The summed E-state index contributed by atoms with van der Waals surface area (Å²) in [4.78, 5) is 11.3. The van der Waals surface area contributed by atoms with Gasteiger partial charge in [0.2, 0.25) is 0 Å². The van der Waals surface area contributed by atoms with E-state index in [1.54, 1.807) is 0 Å². The molecule has 0 N–H and O–H groups in total. The first kappa shape index (κ1) is 25.4. The second-order valence-electron chi connectivity index (χ2n) is 8.25. The Bertz CT molecular complexity index is 1000. The summed E-state index contributed by atoms with van der Waals surface area (Å²) >= 11 is 6.51. The Hall–Kier alpha value is -2.74. The van der Waals surface area contributed by atoms with E-state index in [-0.39, 0.29) is 6.61 Å². The van der Waals surface area contributed by atoms with Gasteiger partial charge in [-0.1, -0.05) is 103 Å². The Labute approximate surface area is 210 Å². The molecule has 1 heterocycles. The van der Waals surface area contributed by atoms with Crippen molar-refractivity contribution in [3.05, 3.63) is 108 Å². The highest BCUT2D eigenvalue weighted by atomic mass is 35.5. The van der Waals surface area contributed by atoms with Crippen molar-refractivity contribution in [1.82, 2.24) is 0 Å². The molecule has 0 spiro atoms. The highest BCUT2D eigenvalue weighted by Gasteiger charge is 2.48. The molecule has 0 aromatic heterocycles. The topological polar surface area (TPSA) is 63.2 Å². The van der Waals surface area contributed by atoms with E-state index < -0.39 is 30.0 Å². The molecule has 0 radical (unpaired) electrons. The monoisotopic (exact) mass is 496 g/mol. The van der Waals surface area contributed by atoms with Gasteiger partial charge in [-0.3, -0.25) is 4.79 Å². The van der Waals surface area contributed by atoms with Gasteiger partial charge in [0.25, 0.3) is 6.47 Å². The molecule has 1 fully saturated rings. The second-order valence-corrected chi connectivity index (χ2v) is 8.68. The SMILES string of the molecule is O=CO[C@H]1[C@@H](OCc2ccccc2)[C@H](OCc2ccccc2)[C@@H](COCc2ccccc2)O[C@@H]1Cl. The molecule has 1 saturated heterocycles. The van der Waals surface area contributed by atoms with Crippen molar-refractivity contribution < 1.29 is 28.5 Å². The number of hydrogen-bond acceptors (Lipinski definition) is 6. The number of carbonyl (C=O) groups excluding carboxylic acids is 1. The van der Waals surface area contributed by atoms with Crippen LogP contribution in [0.4, 0.5) is 0 Å². The second kappa shape index (κ2) is 13.4. The van der Waals surface area contributed by atoms with Crippen LogP contribution < -0.4 is 0 Å². The average molecular weight is 497 g/mol. The first-order chi connectivity index (χ1) is 17.2. The molecule has 0 saturated carbocycles. The van der Waals surface area contributed by atoms with Crippen molar-refractivity contribution in [1.29, 1.82) is 0 Å². The molecule has 1 aliphatic heterocycles. The van der Waals surface area contributed by atoms with Crippen LogP contribution in [-0.4, -0.2) is 43.1 Å². The Morgan fingerprint density at radius 2 is 1.17 bits per heavy atom. The normalized spacial score (nSPS) is 24.1. The molecule has 184 valence electrons. The minimum Gasteiger partial charge on any atom is -0.458 e. The third-order valence-corrected chi connectivity index (χ3v) is 6.11. The Kier molecular flexibility index (Phi) is 9.69. The third-order valence-electron chi connectivity index (χ3n) is 5.75. The number of hydrogen-bond donors (Lipinski definition) is 0. The van der Waals surface area contributed by atoms with Gasteiger partial charge >= 0.3 is 0 Å². The van der Waals surface area contributed by atoms with Crippen molar-refractivity contribution in [2.24, 2.45) is 0 Å². The fourth-order valence-electron chi connectivity index (χ4n) is 4.00. The molecule has 5 atom stereocenters. The van der Waals surface area contributed by atoms with Crippen molar-refractivity contribution in [3.8, 4) is 0 Å². The number of alkyl halides is 1. The van der Waals surface area contributed by atoms with E-state index in [4.69, 9.17) is 35.3 Å². The van der Waals surface area contributed by atoms with E-state index in [0.717, 1.165) is 16.7 Å². The molecule has 6 nitrogen and oxygen atoms in total. The lowest BCUT2D eigenvalue weighted by Crippen LogP contribution is -2.59. The van der Waals surface area contributed by atoms with Crippen molar-refractivity contribution >= 4 is 18.1 Å². The van der Waals surface area contributed by atoms with Crippen LogP contribution in [0.15, 0.2) is 91.0 Å². The van der Waals surface area contributed by atoms with Gasteiger partial charge in [0.1, 0.15) is 18.3 Å². The van der Waals surface area contributed by atoms with E-state index in [1.165, 1.54) is 0 Å². The minimum absolute atomic E-state index is 0.233. The van der Waals surface area contributed by atoms with E-state index >= 15 is 0 Å². The average Bonchev–Trinajstić information content (AvgIpc) is 2.90. The first-order valence-corrected chi connectivity index (χ1v) is 12.0. The van der Waals surface area contributed by atoms with Crippen LogP contribution >= 0.6 is 11.6 Å². The van der Waals surface area contributed by atoms with E-state index in [2.05, 4.69) is 0 Å². The summed E-state index contributed by atoms with van der Waals surface area (Å²) in [5.74, 6) is 0. The number of benzene rings is 3. The Morgan fingerprint density at radius 3 is 1.69 bits per heavy atom. The third kappa shape index (κ3) is 7.37. The fourth-order valence-corrected chi connectivity index (χ4v) is 4.33. The predicted octanol–water partition coefficient (Wildman–Crippen LogP) is 4.88. The summed E-state index contributed by atoms with van der Waals surface area (Å²) in [6.45, 7) is 1.65. The van der Waals surface area contributed by atoms with Crippen LogP contribution in [0.25, 0.3) is 0 Å². The number of carbonyl (C=O) groups is 1. The molecule has 4 rings (SSSR count). The maximum atomic E-state index is 11.3. The molecule has 3 aromatic rings. The smallest absolute Gasteiger partial charge is 0.293 e. The summed E-state index contributed by atoms with van der Waals surface area (Å²) in [6, 6.07) is 29.4. The zero-order chi connectivity index (χ0) is 24.3. The van der Waals surface area contributed by atoms with Crippen molar-refractivity contribution in [2.45, 2.75) is 49.8 Å². The molecule has 0 bridgehead atoms. The van der Waals surface area contributed by atoms with Gasteiger partial charge in [0.15, 0.2) is 11.7 Å². The number of ether oxygens (including phenoxy) is 5. The van der Waals surface area contributed by atoms with Crippen LogP contribution in [0.2, 0.25) is 0 Å². The maximum absolute atomic E-state index is 11.3. The summed E-state index contributed by atoms with van der Waals surface area (Å²) in [6.07, 6.45) is -2.62. The molecule has 35 heavy (non-hydrogen) atoms. The summed E-state index contributed by atoms with van der Waals surface area (Å²) in [5.41, 5.74) is 2.11. The highest BCUT2D eigenvalue weighted by Crippen LogP contribution is 2.31. The van der Waals surface area contributed by atoms with Gasteiger partial charge < -0.3 is 23.7 Å². The van der Waals surface area contributed by atoms with E-state index in [9.17, 15) is 4.79 Å². The fraction of sp³-hybridized carbons (Fsp3) is 0.321. The molecule has 0 aliphatic carbocycles. The standard InChI is InChI=1S/C28H29ClO6/c29-28-27(34-20-30)26(33-18-23-14-8-3-9-15-23)25(32-17-22-12-6-2-7-13-22)24(35-28)19-31-16-21-10-4-1-5-11-21/h1-15,20,24-28H,16-19H2/t24-,25-,26+,27+,28+/m1/s1. The molecule has 7 heteroatoms. The summed E-state index contributed by atoms with van der Waals surface area (Å²) in [5, 5.41) is 0. The lowest BCUT2D eigenvalue weighted by Gasteiger charge is -2.43. The van der Waals surface area contributed by atoms with E-state index in [0.29, 0.717) is 26.3 Å². The largest absolute Gasteiger partial charge is 0.458 e. The molecular weight excluding hydrogens is 468 g/mol. The summed E-state index contributed by atoms with van der Waals surface area (Å²) < 4.78 is 29.9. The molecular formula is C28H29ClO6. The van der Waals surface area contributed by atoms with Crippen molar-refractivity contribution in [2.75, 3.05) is 6.61 Å². The lowest BCUT2D eigenvalue weighted by molar-refractivity contribution is -0.248. The zero-order valence-electron chi connectivity index (χ0n) is 19.3. The highest BCUT2D eigenvalue weighted by molar-refractivity contribution is 6.20. The summed E-state index contributed by atoms with van der Waals surface area (Å²) in [7, 11) is 0. The maximum Gasteiger partial charge on any atom is 0.293 e. The van der Waals surface area contributed by atoms with Gasteiger partial charge in [-0.2, -0.15) is 0 Å². The first-order valence-electron chi connectivity index (χ1n) is 11.6. The molecule has 3 aromatic carbocycles. The van der Waals surface area contributed by atoms with Gasteiger partial charge in [-0.25, -0.2) is 0 Å². The van der Waals surface area contributed by atoms with Crippen LogP contribution in [0.5, 0.6) is 0 Å². The van der Waals surface area contributed by atoms with Gasteiger partial charge in [-0.15, -0.1) is 0 Å². The molecule has 1 aliphatic rings. The van der Waals surface area contributed by atoms with Crippen LogP contribution in [0.1, 0.15) is 16.7 Å². The van der Waals surface area contributed by atoms with Gasteiger partial charge in [-0.05, 0) is 16.7 Å². The Morgan fingerprint density at radius 1 is 0.686 bits per heavy atom. The predicted molar refractivity (Wildman–Crippen MR) is 132 cm³/mol. The van der Waals surface area contributed by atoms with Gasteiger partial charge in [0.05, 0.1) is 26.4 Å². The molecule has 0 unspecified atom stereocenters. The van der Waals surface area contributed by atoms with Crippen LogP contribution in [0.3, 0.4) is 0 Å². The van der Waals surface area contributed by atoms with Crippen molar-refractivity contribution in [3.63, 3.8) is 0 Å².